The van der Waals surface area contributed by atoms with E-state index in [-0.39, 0.29) is 12.4 Å². The van der Waals surface area contributed by atoms with Crippen molar-refractivity contribution in [3.05, 3.63) is 104 Å². The van der Waals surface area contributed by atoms with Crippen LogP contribution < -0.4 is 19.8 Å². The van der Waals surface area contributed by atoms with Crippen molar-refractivity contribution in [2.75, 3.05) is 16.8 Å². The number of benzene rings is 3. The van der Waals surface area contributed by atoms with Crippen LogP contribution in [0.5, 0.6) is 5.75 Å². The van der Waals surface area contributed by atoms with Gasteiger partial charge in [-0.15, -0.1) is 0 Å². The predicted molar refractivity (Wildman–Crippen MR) is 156 cm³/mol. The fourth-order valence-electron chi connectivity index (χ4n) is 5.43. The molecule has 43 heavy (non-hydrogen) atoms. The number of hydrogen-bond acceptors (Lipinski definition) is 7. The fraction of sp³-hybridized carbons (Fsp3) is 0.200. The first-order valence-corrected chi connectivity index (χ1v) is 14.7. The summed E-state index contributed by atoms with van der Waals surface area (Å²) >= 11 is 1.81. The van der Waals surface area contributed by atoms with Crippen LogP contribution in [0.1, 0.15) is 27.5 Å². The van der Waals surface area contributed by atoms with Crippen LogP contribution >= 0.6 is 23.1 Å². The highest BCUT2D eigenvalue weighted by molar-refractivity contribution is 8.00. The summed E-state index contributed by atoms with van der Waals surface area (Å²) in [5.74, 6) is -3.87. The average Bonchev–Trinajstić information content (AvgIpc) is 3.45. The molecule has 220 valence electrons. The normalized spacial score (nSPS) is 19.6. The minimum Gasteiger partial charge on any atom is -0.483 e. The zero-order chi connectivity index (χ0) is 30.5. The molecule has 3 atom stereocenters. The number of hydrogen-bond donors (Lipinski definition) is 2. The third-order valence-electron chi connectivity index (χ3n) is 7.19. The summed E-state index contributed by atoms with van der Waals surface area (Å²) in [5, 5.41) is 2.01. The lowest BCUT2D eigenvalue weighted by atomic mass is 9.82. The van der Waals surface area contributed by atoms with Crippen LogP contribution in [0.15, 0.2) is 82.6 Å². The fourth-order valence-corrected chi connectivity index (χ4v) is 7.94. The third-order valence-corrected chi connectivity index (χ3v) is 9.59. The van der Waals surface area contributed by atoms with Crippen LogP contribution in [0, 0.1) is 12.8 Å². The van der Waals surface area contributed by atoms with Crippen LogP contribution in [-0.2, 0) is 20.6 Å². The van der Waals surface area contributed by atoms with E-state index < -0.39 is 57.1 Å². The van der Waals surface area contributed by atoms with E-state index >= 15 is 0 Å². The predicted octanol–water partition coefficient (Wildman–Crippen LogP) is 5.58. The molecule has 4 aromatic rings. The number of aromatic amines is 1. The SMILES string of the molecule is Cc1cccc(NC(=O)COc2ccccc2[C@H]2c3sc(=O)[nH]c3SC3C(=O)N(c4ccccc4C(F)(F)F)C(=O)C32)c1. The smallest absolute Gasteiger partial charge is 0.418 e. The molecular weight excluding hydrogens is 603 g/mol. The zero-order valence-corrected chi connectivity index (χ0v) is 23.9. The summed E-state index contributed by atoms with van der Waals surface area (Å²) in [6.45, 7) is 1.51. The van der Waals surface area contributed by atoms with E-state index in [1.807, 2.05) is 13.0 Å². The minimum atomic E-state index is -4.80. The van der Waals surface area contributed by atoms with Crippen LogP contribution in [0.2, 0.25) is 0 Å². The van der Waals surface area contributed by atoms with Crippen molar-refractivity contribution in [1.82, 2.24) is 4.98 Å². The van der Waals surface area contributed by atoms with E-state index in [0.29, 0.717) is 26.1 Å². The van der Waals surface area contributed by atoms with Gasteiger partial charge in [-0.25, -0.2) is 4.90 Å². The van der Waals surface area contributed by atoms with E-state index in [1.165, 1.54) is 12.1 Å². The Hall–Kier alpha value is -4.36. The number of thiazole rings is 1. The molecule has 2 aliphatic rings. The number of para-hydroxylation sites is 2. The number of aromatic nitrogens is 1. The molecule has 6 rings (SSSR count). The second-order valence-electron chi connectivity index (χ2n) is 10.0. The van der Waals surface area contributed by atoms with Crippen molar-refractivity contribution < 1.29 is 32.3 Å². The van der Waals surface area contributed by atoms with Gasteiger partial charge in [-0.2, -0.15) is 13.2 Å². The number of alkyl halides is 3. The van der Waals surface area contributed by atoms with E-state index in [2.05, 4.69) is 10.3 Å². The van der Waals surface area contributed by atoms with Gasteiger partial charge >= 0.3 is 11.0 Å². The van der Waals surface area contributed by atoms with Crippen LogP contribution in [-0.4, -0.2) is 34.6 Å². The molecule has 2 unspecified atom stereocenters. The Morgan fingerprint density at radius 1 is 1.00 bits per heavy atom. The van der Waals surface area contributed by atoms with Crippen molar-refractivity contribution >= 4 is 52.2 Å². The van der Waals surface area contributed by atoms with E-state index in [1.54, 1.807) is 42.5 Å². The lowest BCUT2D eigenvalue weighted by Gasteiger charge is -2.30. The first-order chi connectivity index (χ1) is 20.5. The number of ether oxygens (including phenoxy) is 1. The Bertz CT molecular complexity index is 1820. The molecule has 0 spiro atoms. The first-order valence-electron chi connectivity index (χ1n) is 13.0. The number of H-pyrrole nitrogens is 1. The van der Waals surface area contributed by atoms with Gasteiger partial charge in [-0.1, -0.05) is 65.6 Å². The van der Waals surface area contributed by atoms with Crippen LogP contribution in [0.25, 0.3) is 0 Å². The molecule has 8 nitrogen and oxygen atoms in total. The molecule has 0 aliphatic carbocycles. The largest absolute Gasteiger partial charge is 0.483 e. The highest BCUT2D eigenvalue weighted by Gasteiger charge is 2.57. The maximum absolute atomic E-state index is 14.0. The monoisotopic (exact) mass is 625 g/mol. The second-order valence-corrected chi connectivity index (χ2v) is 12.2. The van der Waals surface area contributed by atoms with Crippen molar-refractivity contribution in [3.8, 4) is 5.75 Å². The maximum atomic E-state index is 14.0. The van der Waals surface area contributed by atoms with Gasteiger partial charge in [0.2, 0.25) is 11.8 Å². The molecule has 1 aromatic heterocycles. The number of carbonyl (C=O) groups is 3. The molecule has 3 aromatic carbocycles. The quantitative estimate of drug-likeness (QED) is 0.271. The molecule has 0 saturated carbocycles. The number of anilines is 2. The Morgan fingerprint density at radius 2 is 1.74 bits per heavy atom. The Balaban J connectivity index is 1.36. The van der Waals surface area contributed by atoms with Gasteiger partial charge in [0.05, 0.1) is 22.2 Å². The number of fused-ring (bicyclic) bond motifs is 2. The summed E-state index contributed by atoms with van der Waals surface area (Å²) in [4.78, 5) is 56.1. The van der Waals surface area contributed by atoms with Crippen molar-refractivity contribution in [2.24, 2.45) is 5.92 Å². The van der Waals surface area contributed by atoms with Crippen LogP contribution in [0.4, 0.5) is 24.5 Å². The number of thioether (sulfide) groups is 1. The van der Waals surface area contributed by atoms with E-state index in [9.17, 15) is 32.3 Å². The molecule has 2 N–H and O–H groups in total. The van der Waals surface area contributed by atoms with Gasteiger partial charge in [0.1, 0.15) is 11.0 Å². The maximum Gasteiger partial charge on any atom is 0.418 e. The molecular formula is C30H22F3N3O5S2. The van der Waals surface area contributed by atoms with Gasteiger partial charge in [0.15, 0.2) is 6.61 Å². The zero-order valence-electron chi connectivity index (χ0n) is 22.3. The lowest BCUT2D eigenvalue weighted by molar-refractivity contribution is -0.137. The van der Waals surface area contributed by atoms with Crippen LogP contribution in [0.3, 0.4) is 0 Å². The standard InChI is InChI=1S/C30H22F3N3O5S2/c1-15-7-6-8-16(13-15)34-21(37)14-41-20-12-5-2-9-17(20)22-23-25(42-26-24(22)43-29(40)35-26)28(39)36(27(23)38)19-11-4-3-10-18(19)30(31,32)33/h2-13,22-23,25H,14H2,1H3,(H,34,37)(H,35,40)/t22-,23?,25?/m1/s1. The van der Waals surface area contributed by atoms with Crippen molar-refractivity contribution in [3.63, 3.8) is 0 Å². The summed E-state index contributed by atoms with van der Waals surface area (Å²) in [5.41, 5.74) is 0.309. The van der Waals surface area contributed by atoms with E-state index in [0.717, 1.165) is 40.8 Å². The molecule has 1 fully saturated rings. The molecule has 3 amide bonds. The van der Waals surface area contributed by atoms with E-state index in [4.69, 9.17) is 4.74 Å². The van der Waals surface area contributed by atoms with Crippen molar-refractivity contribution in [2.45, 2.75) is 29.3 Å². The highest BCUT2D eigenvalue weighted by atomic mass is 32.2. The summed E-state index contributed by atoms with van der Waals surface area (Å²) in [7, 11) is 0. The number of aryl methyl sites for hydroxylation is 1. The van der Waals surface area contributed by atoms with Gasteiger partial charge in [0.25, 0.3) is 5.91 Å². The number of rotatable bonds is 6. The van der Waals surface area contributed by atoms with Gasteiger partial charge in [-0.3, -0.25) is 19.2 Å². The summed E-state index contributed by atoms with van der Waals surface area (Å²) in [6, 6.07) is 18.3. The lowest BCUT2D eigenvalue weighted by Crippen LogP contribution is -2.33. The summed E-state index contributed by atoms with van der Waals surface area (Å²) in [6.07, 6.45) is -4.80. The number of amides is 3. The van der Waals surface area contributed by atoms with Gasteiger partial charge in [0, 0.05) is 22.0 Å². The molecule has 2 aliphatic heterocycles. The van der Waals surface area contributed by atoms with Gasteiger partial charge in [-0.05, 0) is 42.8 Å². The number of nitrogens with zero attached hydrogens (tertiary/aromatic N) is 1. The Morgan fingerprint density at radius 3 is 2.51 bits per heavy atom. The second kappa shape index (κ2) is 11.0. The number of halogens is 3. The molecule has 13 heteroatoms. The number of carbonyl (C=O) groups excluding carboxylic acids is 3. The Kier molecular flexibility index (Phi) is 7.38. The van der Waals surface area contributed by atoms with Crippen molar-refractivity contribution in [1.29, 1.82) is 0 Å². The molecule has 1 saturated heterocycles. The Labute approximate surface area is 250 Å². The minimum absolute atomic E-state index is 0.235. The third kappa shape index (κ3) is 5.34. The molecule has 0 bridgehead atoms. The molecule has 0 radical (unpaired) electrons. The first kappa shape index (κ1) is 28.7. The topological polar surface area (TPSA) is 109 Å². The number of nitrogens with one attached hydrogen (secondary N) is 2. The molecule has 3 heterocycles. The highest BCUT2D eigenvalue weighted by Crippen LogP contribution is 2.55. The van der Waals surface area contributed by atoms with Gasteiger partial charge < -0.3 is 15.0 Å². The average molecular weight is 626 g/mol. The summed E-state index contributed by atoms with van der Waals surface area (Å²) < 4.78 is 47.6. The number of imide groups is 1.